The van der Waals surface area contributed by atoms with Crippen LogP contribution in [0.25, 0.3) is 10.1 Å². The molecule has 0 aliphatic carbocycles. The minimum atomic E-state index is -0.713. The van der Waals surface area contributed by atoms with Crippen molar-refractivity contribution in [2.45, 2.75) is 12.8 Å². The Kier molecular flexibility index (Phi) is 6.92. The fourth-order valence-electron chi connectivity index (χ4n) is 3.52. The van der Waals surface area contributed by atoms with Gasteiger partial charge in [-0.3, -0.25) is 14.4 Å². The van der Waals surface area contributed by atoms with Gasteiger partial charge >= 0.3 is 5.97 Å². The molecule has 166 valence electrons. The number of esters is 1. The van der Waals surface area contributed by atoms with E-state index in [2.05, 4.69) is 15.5 Å². The normalized spacial score (nSPS) is 13.2. The Morgan fingerprint density at radius 1 is 1.03 bits per heavy atom. The summed E-state index contributed by atoms with van der Waals surface area (Å²) in [5, 5.41) is 6.32. The highest BCUT2D eigenvalue weighted by Gasteiger charge is 2.18. The molecule has 0 radical (unpaired) electrons. The number of ether oxygens (including phenoxy) is 1. The van der Waals surface area contributed by atoms with Gasteiger partial charge in [-0.2, -0.15) is 0 Å². The lowest BCUT2D eigenvalue weighted by atomic mass is 10.2. The predicted octanol–water partition coefficient (Wildman–Crippen LogP) is 4.07. The molecule has 2 amide bonds. The van der Waals surface area contributed by atoms with Crippen LogP contribution in [0.5, 0.6) is 0 Å². The molecule has 0 saturated carbocycles. The molecule has 9 heteroatoms. The number of hydrogen-bond acceptors (Lipinski definition) is 6. The van der Waals surface area contributed by atoms with Gasteiger partial charge in [0.25, 0.3) is 11.8 Å². The molecular weight excluding hydrogens is 450 g/mol. The Morgan fingerprint density at radius 3 is 2.47 bits per heavy atom. The molecule has 1 aromatic heterocycles. The van der Waals surface area contributed by atoms with Gasteiger partial charge in [-0.1, -0.05) is 29.8 Å². The summed E-state index contributed by atoms with van der Waals surface area (Å²) in [5.41, 5.74) is 1.75. The average Bonchev–Trinajstić information content (AvgIpc) is 3.45. The van der Waals surface area contributed by atoms with Crippen LogP contribution in [0.2, 0.25) is 5.02 Å². The number of nitrogens with one attached hydrogen (secondary N) is 2. The van der Waals surface area contributed by atoms with Crippen molar-refractivity contribution in [2.75, 3.05) is 36.5 Å². The van der Waals surface area contributed by atoms with Gasteiger partial charge in [0.2, 0.25) is 0 Å². The van der Waals surface area contributed by atoms with Crippen molar-refractivity contribution in [1.29, 1.82) is 0 Å². The van der Waals surface area contributed by atoms with Gasteiger partial charge in [0.1, 0.15) is 11.4 Å². The van der Waals surface area contributed by atoms with Crippen LogP contribution < -0.4 is 15.5 Å². The first-order chi connectivity index (χ1) is 15.5. The van der Waals surface area contributed by atoms with Crippen molar-refractivity contribution < 1.29 is 19.1 Å². The second-order valence-corrected chi connectivity index (χ2v) is 8.80. The van der Waals surface area contributed by atoms with E-state index < -0.39 is 24.4 Å². The van der Waals surface area contributed by atoms with Crippen LogP contribution >= 0.6 is 22.9 Å². The lowest BCUT2D eigenvalue weighted by molar-refractivity contribution is -0.146. The molecule has 1 fully saturated rings. The molecule has 0 bridgehead atoms. The van der Waals surface area contributed by atoms with E-state index in [1.54, 1.807) is 0 Å². The minimum absolute atomic E-state index is 0.329. The van der Waals surface area contributed by atoms with Crippen molar-refractivity contribution in [2.24, 2.45) is 0 Å². The number of hydrogen-bond donors (Lipinski definition) is 2. The molecule has 0 spiro atoms. The third kappa shape index (κ3) is 5.20. The van der Waals surface area contributed by atoms with Crippen LogP contribution in [0.15, 0.2) is 48.5 Å². The van der Waals surface area contributed by atoms with Crippen LogP contribution in [0.3, 0.4) is 0 Å². The first-order valence-electron chi connectivity index (χ1n) is 10.3. The number of thiophene rings is 1. The molecule has 4 rings (SSSR count). The molecule has 2 heterocycles. The SMILES string of the molecule is O=C(COC(=O)CNC(=O)c1sc2ccccc2c1Cl)Nc1ccc(N2CCCC2)cc1. The maximum Gasteiger partial charge on any atom is 0.325 e. The molecule has 1 aliphatic heterocycles. The zero-order valence-electron chi connectivity index (χ0n) is 17.2. The van der Waals surface area contributed by atoms with E-state index >= 15 is 0 Å². The minimum Gasteiger partial charge on any atom is -0.454 e. The van der Waals surface area contributed by atoms with E-state index in [0.717, 1.165) is 28.9 Å². The summed E-state index contributed by atoms with van der Waals surface area (Å²) < 4.78 is 5.84. The number of carbonyl (C=O) groups is 3. The fourth-order valence-corrected chi connectivity index (χ4v) is 4.95. The quantitative estimate of drug-likeness (QED) is 0.507. The van der Waals surface area contributed by atoms with Gasteiger partial charge in [0.05, 0.1) is 5.02 Å². The van der Waals surface area contributed by atoms with Crippen LogP contribution in [0, 0.1) is 0 Å². The molecule has 0 atom stereocenters. The van der Waals surface area contributed by atoms with Crippen molar-refractivity contribution in [3.05, 3.63) is 58.4 Å². The van der Waals surface area contributed by atoms with E-state index in [9.17, 15) is 14.4 Å². The van der Waals surface area contributed by atoms with Crippen molar-refractivity contribution >= 4 is 62.2 Å². The van der Waals surface area contributed by atoms with E-state index in [0.29, 0.717) is 15.6 Å². The average molecular weight is 472 g/mol. The maximum absolute atomic E-state index is 12.4. The number of rotatable bonds is 7. The van der Waals surface area contributed by atoms with Crippen LogP contribution in [0.4, 0.5) is 11.4 Å². The third-order valence-electron chi connectivity index (χ3n) is 5.12. The van der Waals surface area contributed by atoms with Crippen molar-refractivity contribution in [1.82, 2.24) is 5.32 Å². The summed E-state index contributed by atoms with van der Waals surface area (Å²) in [7, 11) is 0. The molecule has 3 aromatic rings. The molecule has 1 saturated heterocycles. The summed E-state index contributed by atoms with van der Waals surface area (Å²) in [6.07, 6.45) is 2.39. The Labute approximate surface area is 194 Å². The number of nitrogens with zero attached hydrogens (tertiary/aromatic N) is 1. The van der Waals surface area contributed by atoms with E-state index in [1.165, 1.54) is 24.2 Å². The lowest BCUT2D eigenvalue weighted by Crippen LogP contribution is -2.32. The number of fused-ring (bicyclic) bond motifs is 1. The summed E-state index contributed by atoms with van der Waals surface area (Å²) >= 11 is 7.52. The molecule has 2 aromatic carbocycles. The van der Waals surface area contributed by atoms with Crippen LogP contribution in [-0.2, 0) is 14.3 Å². The maximum atomic E-state index is 12.4. The highest BCUT2D eigenvalue weighted by molar-refractivity contribution is 7.21. The highest BCUT2D eigenvalue weighted by atomic mass is 35.5. The Bertz CT molecular complexity index is 1140. The second kappa shape index (κ2) is 10.0. The Morgan fingerprint density at radius 2 is 1.75 bits per heavy atom. The van der Waals surface area contributed by atoms with Gasteiger partial charge < -0.3 is 20.3 Å². The second-order valence-electron chi connectivity index (χ2n) is 7.37. The lowest BCUT2D eigenvalue weighted by Gasteiger charge is -2.17. The number of carbonyl (C=O) groups excluding carboxylic acids is 3. The Hall–Kier alpha value is -3.10. The summed E-state index contributed by atoms with van der Waals surface area (Å²) in [4.78, 5) is 39.0. The summed E-state index contributed by atoms with van der Waals surface area (Å²) in [5.74, 6) is -1.63. The first-order valence-corrected chi connectivity index (χ1v) is 11.5. The van der Waals surface area contributed by atoms with Crippen LogP contribution in [-0.4, -0.2) is 44.0 Å². The van der Waals surface area contributed by atoms with Gasteiger partial charge in [0.15, 0.2) is 6.61 Å². The molecule has 32 heavy (non-hydrogen) atoms. The summed E-state index contributed by atoms with van der Waals surface area (Å²) in [6, 6.07) is 15.0. The van der Waals surface area contributed by atoms with Crippen molar-refractivity contribution in [3.63, 3.8) is 0 Å². The predicted molar refractivity (Wildman–Crippen MR) is 127 cm³/mol. The standard InChI is InChI=1S/C23H22ClN3O4S/c24-21-17-5-1-2-6-18(17)32-22(21)23(30)25-13-20(29)31-14-19(28)26-15-7-9-16(10-8-15)27-11-3-4-12-27/h1-2,5-10H,3-4,11-14H2,(H,25,30)(H,26,28). The van der Waals surface area contributed by atoms with Crippen LogP contribution in [0.1, 0.15) is 22.5 Å². The zero-order valence-corrected chi connectivity index (χ0v) is 18.8. The molecule has 1 aliphatic rings. The first kappa shape index (κ1) is 22.1. The molecule has 7 nitrogen and oxygen atoms in total. The highest BCUT2D eigenvalue weighted by Crippen LogP contribution is 2.34. The van der Waals surface area contributed by atoms with E-state index in [4.69, 9.17) is 16.3 Å². The van der Waals surface area contributed by atoms with Gasteiger partial charge in [-0.25, -0.2) is 0 Å². The monoisotopic (exact) mass is 471 g/mol. The van der Waals surface area contributed by atoms with Gasteiger partial charge in [0, 0.05) is 34.6 Å². The number of halogens is 1. The smallest absolute Gasteiger partial charge is 0.325 e. The zero-order chi connectivity index (χ0) is 22.5. The fraction of sp³-hybridized carbons (Fsp3) is 0.261. The molecule has 2 N–H and O–H groups in total. The Balaban J connectivity index is 1.21. The largest absolute Gasteiger partial charge is 0.454 e. The van der Waals surface area contributed by atoms with Gasteiger partial charge in [-0.05, 0) is 43.2 Å². The number of anilines is 2. The molecular formula is C23H22ClN3O4S. The van der Waals surface area contributed by atoms with Gasteiger partial charge in [-0.15, -0.1) is 11.3 Å². The topological polar surface area (TPSA) is 87.7 Å². The van der Waals surface area contributed by atoms with E-state index in [1.807, 2.05) is 48.5 Å². The third-order valence-corrected chi connectivity index (χ3v) is 6.80. The van der Waals surface area contributed by atoms with Crippen molar-refractivity contribution in [3.8, 4) is 0 Å². The summed E-state index contributed by atoms with van der Waals surface area (Å²) in [6.45, 7) is 1.30. The number of benzene rings is 2. The number of amides is 2. The van der Waals surface area contributed by atoms with E-state index in [-0.39, 0.29) is 6.54 Å². The molecule has 0 unspecified atom stereocenters.